The van der Waals surface area contributed by atoms with Crippen LogP contribution in [0.4, 0.5) is 4.39 Å². The van der Waals surface area contributed by atoms with Gasteiger partial charge in [-0.3, -0.25) is 4.40 Å². The fourth-order valence-electron chi connectivity index (χ4n) is 3.27. The van der Waals surface area contributed by atoms with Crippen LogP contribution in [0.3, 0.4) is 0 Å². The van der Waals surface area contributed by atoms with Gasteiger partial charge in [0.15, 0.2) is 11.5 Å². The first-order valence-electron chi connectivity index (χ1n) is 8.88. The van der Waals surface area contributed by atoms with E-state index in [9.17, 15) is 4.39 Å². The van der Waals surface area contributed by atoms with Crippen LogP contribution in [0.2, 0.25) is 0 Å². The average Bonchev–Trinajstić information content (AvgIpc) is 3.22. The third-order valence-corrected chi connectivity index (χ3v) is 4.82. The molecule has 0 aliphatic rings. The molecule has 1 unspecified atom stereocenters. The van der Waals surface area contributed by atoms with Gasteiger partial charge in [0, 0.05) is 24.0 Å². The summed E-state index contributed by atoms with van der Waals surface area (Å²) in [5.41, 5.74) is 4.78. The largest absolute Gasteiger partial charge is 0.303 e. The van der Waals surface area contributed by atoms with Crippen molar-refractivity contribution in [3.05, 3.63) is 77.3 Å². The van der Waals surface area contributed by atoms with Crippen molar-refractivity contribution in [3.63, 3.8) is 0 Å². The van der Waals surface area contributed by atoms with Crippen LogP contribution >= 0.6 is 0 Å². The molecule has 1 aromatic carbocycles. The molecule has 6 nitrogen and oxygen atoms in total. The molecule has 0 radical (unpaired) electrons. The van der Waals surface area contributed by atoms with Crippen molar-refractivity contribution in [2.45, 2.75) is 33.4 Å². The van der Waals surface area contributed by atoms with E-state index in [4.69, 9.17) is 0 Å². The summed E-state index contributed by atoms with van der Waals surface area (Å²) in [7, 11) is 0. The molecule has 0 bridgehead atoms. The molecular weight excluding hydrogens is 343 g/mol. The van der Waals surface area contributed by atoms with Gasteiger partial charge < -0.3 is 5.32 Å². The Morgan fingerprint density at radius 1 is 1.07 bits per heavy atom. The maximum absolute atomic E-state index is 13.2. The normalized spacial score (nSPS) is 12.6. The van der Waals surface area contributed by atoms with E-state index in [1.165, 1.54) is 12.1 Å². The molecule has 0 saturated carbocycles. The second-order valence-electron chi connectivity index (χ2n) is 6.63. The summed E-state index contributed by atoms with van der Waals surface area (Å²) in [6.45, 7) is 6.74. The lowest BCUT2D eigenvalue weighted by molar-refractivity contribution is 0.539. The maximum Gasteiger partial charge on any atom is 0.160 e. The molecular formula is C20H21FN6. The Kier molecular flexibility index (Phi) is 4.45. The van der Waals surface area contributed by atoms with Crippen molar-refractivity contribution < 1.29 is 4.39 Å². The van der Waals surface area contributed by atoms with Gasteiger partial charge in [-0.25, -0.2) is 9.07 Å². The van der Waals surface area contributed by atoms with Gasteiger partial charge in [-0.2, -0.15) is 5.10 Å². The first kappa shape index (κ1) is 17.4. The van der Waals surface area contributed by atoms with Gasteiger partial charge in [0.1, 0.15) is 5.82 Å². The Labute approximate surface area is 156 Å². The van der Waals surface area contributed by atoms with Crippen LogP contribution < -0.4 is 5.32 Å². The smallest absolute Gasteiger partial charge is 0.160 e. The van der Waals surface area contributed by atoms with Gasteiger partial charge in [0.05, 0.1) is 17.4 Å². The summed E-state index contributed by atoms with van der Waals surface area (Å²) in [6, 6.07) is 12.2. The second-order valence-corrected chi connectivity index (χ2v) is 6.63. The molecule has 3 heterocycles. The molecule has 138 valence electrons. The van der Waals surface area contributed by atoms with E-state index in [1.807, 2.05) is 47.3 Å². The lowest BCUT2D eigenvalue weighted by Gasteiger charge is -2.13. The molecule has 3 aromatic heterocycles. The average molecular weight is 364 g/mol. The molecule has 0 spiro atoms. The van der Waals surface area contributed by atoms with E-state index in [2.05, 4.69) is 27.5 Å². The second kappa shape index (κ2) is 6.92. The zero-order valence-corrected chi connectivity index (χ0v) is 15.5. The number of fused-ring (bicyclic) bond motifs is 1. The number of rotatable bonds is 5. The van der Waals surface area contributed by atoms with Gasteiger partial charge in [-0.15, -0.1) is 10.2 Å². The molecule has 0 aliphatic heterocycles. The zero-order chi connectivity index (χ0) is 19.0. The van der Waals surface area contributed by atoms with Crippen LogP contribution in [-0.4, -0.2) is 24.4 Å². The molecule has 0 fully saturated rings. The van der Waals surface area contributed by atoms with Crippen LogP contribution in [0.1, 0.15) is 35.7 Å². The lowest BCUT2D eigenvalue weighted by Crippen LogP contribution is -2.21. The van der Waals surface area contributed by atoms with Gasteiger partial charge in [-0.05, 0) is 57.2 Å². The Bertz CT molecular complexity index is 1080. The Balaban J connectivity index is 1.55. The van der Waals surface area contributed by atoms with Crippen molar-refractivity contribution in [2.75, 3.05) is 0 Å². The highest BCUT2D eigenvalue weighted by atomic mass is 19.1. The lowest BCUT2D eigenvalue weighted by atomic mass is 10.2. The van der Waals surface area contributed by atoms with Crippen LogP contribution in [0, 0.1) is 19.7 Å². The third kappa shape index (κ3) is 3.21. The van der Waals surface area contributed by atoms with Gasteiger partial charge >= 0.3 is 0 Å². The number of hydrogen-bond donors (Lipinski definition) is 1. The van der Waals surface area contributed by atoms with Gasteiger partial charge in [-0.1, -0.05) is 6.07 Å². The molecule has 0 aliphatic carbocycles. The number of aryl methyl sites for hydroxylation is 1. The minimum absolute atomic E-state index is 0.0235. The first-order valence-corrected chi connectivity index (χ1v) is 8.88. The van der Waals surface area contributed by atoms with E-state index >= 15 is 0 Å². The number of nitrogens with zero attached hydrogens (tertiary/aromatic N) is 5. The summed E-state index contributed by atoms with van der Waals surface area (Å²) in [6.07, 6.45) is 1.96. The number of nitrogens with one attached hydrogen (secondary N) is 1. The predicted molar refractivity (Wildman–Crippen MR) is 101 cm³/mol. The molecule has 4 aromatic rings. The molecule has 0 saturated heterocycles. The van der Waals surface area contributed by atoms with Gasteiger partial charge in [0.2, 0.25) is 0 Å². The number of halogens is 1. The Hall–Kier alpha value is -3.06. The molecule has 27 heavy (non-hydrogen) atoms. The summed E-state index contributed by atoms with van der Waals surface area (Å²) >= 11 is 0. The quantitative estimate of drug-likeness (QED) is 0.589. The standard InChI is InChI=1S/C20H21FN6/c1-13-18(15(3)27(25-13)17-9-7-16(21)8-10-17)12-22-14(2)20-24-23-19-6-4-5-11-26(19)20/h4-11,14,22H,12H2,1-3H3. The van der Waals surface area contributed by atoms with Crippen molar-refractivity contribution >= 4 is 5.65 Å². The van der Waals surface area contributed by atoms with Crippen molar-refractivity contribution in [1.82, 2.24) is 29.7 Å². The Morgan fingerprint density at radius 2 is 1.85 bits per heavy atom. The van der Waals surface area contributed by atoms with Crippen LogP contribution in [0.5, 0.6) is 0 Å². The van der Waals surface area contributed by atoms with Gasteiger partial charge in [0.25, 0.3) is 0 Å². The topological polar surface area (TPSA) is 60.0 Å². The van der Waals surface area contributed by atoms with Crippen molar-refractivity contribution in [1.29, 1.82) is 0 Å². The number of pyridine rings is 1. The number of hydrogen-bond acceptors (Lipinski definition) is 4. The minimum Gasteiger partial charge on any atom is -0.303 e. The highest BCUT2D eigenvalue weighted by molar-refractivity contribution is 5.38. The van der Waals surface area contributed by atoms with E-state index in [0.717, 1.165) is 34.1 Å². The summed E-state index contributed by atoms with van der Waals surface area (Å²) in [5.74, 6) is 0.614. The van der Waals surface area contributed by atoms with E-state index in [-0.39, 0.29) is 11.9 Å². The molecule has 7 heteroatoms. The highest BCUT2D eigenvalue weighted by Gasteiger charge is 2.16. The summed E-state index contributed by atoms with van der Waals surface area (Å²) in [4.78, 5) is 0. The fourth-order valence-corrected chi connectivity index (χ4v) is 3.27. The molecule has 1 N–H and O–H groups in total. The number of aromatic nitrogens is 5. The monoisotopic (exact) mass is 364 g/mol. The van der Waals surface area contributed by atoms with Crippen molar-refractivity contribution in [3.8, 4) is 5.69 Å². The molecule has 0 amide bonds. The third-order valence-electron chi connectivity index (χ3n) is 4.82. The number of benzene rings is 1. The molecule has 4 rings (SSSR count). The fraction of sp³-hybridized carbons (Fsp3) is 0.250. The van der Waals surface area contributed by atoms with E-state index < -0.39 is 0 Å². The SMILES string of the molecule is Cc1nn(-c2ccc(F)cc2)c(C)c1CNC(C)c1nnc2ccccn12. The highest BCUT2D eigenvalue weighted by Crippen LogP contribution is 2.20. The summed E-state index contributed by atoms with van der Waals surface area (Å²) < 4.78 is 17.0. The first-order chi connectivity index (χ1) is 13.0. The van der Waals surface area contributed by atoms with Crippen LogP contribution in [0.25, 0.3) is 11.3 Å². The van der Waals surface area contributed by atoms with Crippen LogP contribution in [0.15, 0.2) is 48.7 Å². The Morgan fingerprint density at radius 3 is 2.63 bits per heavy atom. The van der Waals surface area contributed by atoms with E-state index in [0.29, 0.717) is 6.54 Å². The van der Waals surface area contributed by atoms with Crippen LogP contribution in [-0.2, 0) is 6.54 Å². The molecule has 1 atom stereocenters. The summed E-state index contributed by atoms with van der Waals surface area (Å²) in [5, 5.41) is 16.6. The van der Waals surface area contributed by atoms with E-state index in [1.54, 1.807) is 12.1 Å². The zero-order valence-electron chi connectivity index (χ0n) is 15.5. The van der Waals surface area contributed by atoms with Crippen molar-refractivity contribution in [2.24, 2.45) is 0 Å². The maximum atomic E-state index is 13.2. The predicted octanol–water partition coefficient (Wildman–Crippen LogP) is 3.52. The minimum atomic E-state index is -0.253.